The van der Waals surface area contributed by atoms with E-state index in [9.17, 15) is 0 Å². The van der Waals surface area contributed by atoms with Crippen LogP contribution in [0.3, 0.4) is 0 Å². The summed E-state index contributed by atoms with van der Waals surface area (Å²) >= 11 is 6.28. The van der Waals surface area contributed by atoms with Gasteiger partial charge in [-0.1, -0.05) is 41.9 Å². The van der Waals surface area contributed by atoms with Crippen LogP contribution >= 0.6 is 11.6 Å². The van der Waals surface area contributed by atoms with Gasteiger partial charge in [-0.05, 0) is 43.5 Å². The molecule has 2 rings (SSSR count). The summed E-state index contributed by atoms with van der Waals surface area (Å²) in [4.78, 5) is 0. The van der Waals surface area contributed by atoms with E-state index < -0.39 is 0 Å². The quantitative estimate of drug-likeness (QED) is 0.867. The van der Waals surface area contributed by atoms with E-state index in [4.69, 9.17) is 22.1 Å². The van der Waals surface area contributed by atoms with Gasteiger partial charge < -0.3 is 10.5 Å². The van der Waals surface area contributed by atoms with Crippen molar-refractivity contribution in [3.05, 3.63) is 64.2 Å². The minimum Gasteiger partial charge on any atom is -0.493 e. The second-order valence-corrected chi connectivity index (χ2v) is 5.77. The van der Waals surface area contributed by atoms with E-state index >= 15 is 0 Å². The van der Waals surface area contributed by atoms with Gasteiger partial charge >= 0.3 is 0 Å². The van der Waals surface area contributed by atoms with E-state index in [0.717, 1.165) is 34.7 Å². The first kappa shape index (κ1) is 15.9. The van der Waals surface area contributed by atoms with Crippen LogP contribution < -0.4 is 10.5 Å². The Morgan fingerprint density at radius 3 is 2.43 bits per heavy atom. The van der Waals surface area contributed by atoms with Crippen molar-refractivity contribution in [3.8, 4) is 5.75 Å². The van der Waals surface area contributed by atoms with Crippen LogP contribution in [0.2, 0.25) is 5.02 Å². The Bertz CT molecular complexity index is 581. The lowest BCUT2D eigenvalue weighted by molar-refractivity contribution is 0.332. The second kappa shape index (κ2) is 7.48. The zero-order valence-electron chi connectivity index (χ0n) is 12.6. The summed E-state index contributed by atoms with van der Waals surface area (Å²) in [5.41, 5.74) is 9.39. The molecule has 0 saturated carbocycles. The van der Waals surface area contributed by atoms with Crippen LogP contribution in [0.15, 0.2) is 42.5 Å². The maximum Gasteiger partial charge on any atom is 0.126 e. The Morgan fingerprint density at radius 2 is 1.81 bits per heavy atom. The Hall–Kier alpha value is -1.51. The zero-order valence-corrected chi connectivity index (χ0v) is 13.4. The molecule has 0 aromatic heterocycles. The number of hydrogen-bond donors (Lipinski definition) is 1. The molecule has 0 amide bonds. The van der Waals surface area contributed by atoms with Gasteiger partial charge in [0, 0.05) is 23.0 Å². The number of ether oxygens (including phenoxy) is 1. The molecular weight excluding hydrogens is 282 g/mol. The van der Waals surface area contributed by atoms with Crippen molar-refractivity contribution in [2.24, 2.45) is 5.73 Å². The average molecular weight is 304 g/mol. The largest absolute Gasteiger partial charge is 0.493 e. The van der Waals surface area contributed by atoms with Gasteiger partial charge in [-0.3, -0.25) is 0 Å². The molecule has 0 heterocycles. The molecule has 2 aromatic carbocycles. The summed E-state index contributed by atoms with van der Waals surface area (Å²) in [7, 11) is 0. The van der Waals surface area contributed by atoms with Gasteiger partial charge in [0.05, 0.1) is 6.61 Å². The van der Waals surface area contributed by atoms with Crippen molar-refractivity contribution in [1.82, 2.24) is 0 Å². The van der Waals surface area contributed by atoms with Gasteiger partial charge in [0.25, 0.3) is 0 Å². The molecule has 1 unspecified atom stereocenters. The van der Waals surface area contributed by atoms with Gasteiger partial charge in [-0.15, -0.1) is 0 Å². The monoisotopic (exact) mass is 303 g/mol. The smallest absolute Gasteiger partial charge is 0.126 e. The molecule has 2 nitrogen and oxygen atoms in total. The summed E-state index contributed by atoms with van der Waals surface area (Å²) in [6.45, 7) is 4.62. The van der Waals surface area contributed by atoms with Crippen molar-refractivity contribution < 1.29 is 4.74 Å². The van der Waals surface area contributed by atoms with Crippen molar-refractivity contribution in [2.75, 3.05) is 6.61 Å². The number of halogens is 1. The molecule has 0 bridgehead atoms. The van der Waals surface area contributed by atoms with Crippen molar-refractivity contribution in [3.63, 3.8) is 0 Å². The molecule has 0 radical (unpaired) electrons. The predicted molar refractivity (Wildman–Crippen MR) is 89.2 cm³/mol. The van der Waals surface area contributed by atoms with Gasteiger partial charge in [-0.25, -0.2) is 0 Å². The lowest BCUT2D eigenvalue weighted by Crippen LogP contribution is -2.18. The van der Waals surface area contributed by atoms with E-state index in [2.05, 4.69) is 12.1 Å². The first-order valence-corrected chi connectivity index (χ1v) is 7.71. The molecule has 2 N–H and O–H groups in total. The fourth-order valence-electron chi connectivity index (χ4n) is 2.49. The SMILES string of the molecule is CCOc1c(Cc2ccccc2)cc(Cl)cc1CC(C)N. The standard InChI is InChI=1S/C18H22ClNO/c1-3-21-18-15(9-13(2)20)11-17(19)12-16(18)10-14-7-5-4-6-8-14/h4-8,11-13H,3,9-10,20H2,1-2H3. The van der Waals surface area contributed by atoms with E-state index in [1.54, 1.807) is 0 Å². The molecule has 3 heteroatoms. The summed E-state index contributed by atoms with van der Waals surface area (Å²) in [6.07, 6.45) is 1.57. The molecular formula is C18H22ClNO. The fraction of sp³-hybridized carbons (Fsp3) is 0.333. The molecule has 0 aliphatic heterocycles. The second-order valence-electron chi connectivity index (χ2n) is 5.33. The Kier molecular flexibility index (Phi) is 5.66. The highest BCUT2D eigenvalue weighted by molar-refractivity contribution is 6.30. The molecule has 1 atom stereocenters. The Labute approximate surface area is 131 Å². The highest BCUT2D eigenvalue weighted by Gasteiger charge is 2.13. The van der Waals surface area contributed by atoms with Crippen LogP contribution in [-0.4, -0.2) is 12.6 Å². The van der Waals surface area contributed by atoms with Gasteiger partial charge in [0.2, 0.25) is 0 Å². The summed E-state index contributed by atoms with van der Waals surface area (Å²) in [5, 5.41) is 0.736. The topological polar surface area (TPSA) is 35.2 Å². The summed E-state index contributed by atoms with van der Waals surface area (Å²) < 4.78 is 5.88. The third kappa shape index (κ3) is 4.48. The average Bonchev–Trinajstić information content (AvgIpc) is 2.43. The molecule has 2 aromatic rings. The summed E-state index contributed by atoms with van der Waals surface area (Å²) in [6, 6.07) is 14.4. The third-order valence-corrected chi connectivity index (χ3v) is 3.49. The maximum absolute atomic E-state index is 6.28. The molecule has 0 saturated heterocycles. The first-order chi connectivity index (χ1) is 10.1. The number of rotatable bonds is 6. The highest BCUT2D eigenvalue weighted by Crippen LogP contribution is 2.31. The van der Waals surface area contributed by atoms with Crippen molar-refractivity contribution >= 4 is 11.6 Å². The van der Waals surface area contributed by atoms with Crippen LogP contribution in [0.25, 0.3) is 0 Å². The number of nitrogens with two attached hydrogens (primary N) is 1. The van der Waals surface area contributed by atoms with Crippen molar-refractivity contribution in [1.29, 1.82) is 0 Å². The zero-order chi connectivity index (χ0) is 15.2. The Morgan fingerprint density at radius 1 is 1.14 bits per heavy atom. The van der Waals surface area contributed by atoms with Gasteiger partial charge in [0.15, 0.2) is 0 Å². The van der Waals surface area contributed by atoms with Crippen LogP contribution in [-0.2, 0) is 12.8 Å². The fourth-order valence-corrected chi connectivity index (χ4v) is 2.75. The van der Waals surface area contributed by atoms with Gasteiger partial charge in [-0.2, -0.15) is 0 Å². The predicted octanol–water partition coefficient (Wildman–Crippen LogP) is 4.22. The number of hydrogen-bond acceptors (Lipinski definition) is 2. The molecule has 112 valence electrons. The van der Waals surface area contributed by atoms with Gasteiger partial charge in [0.1, 0.15) is 5.75 Å². The van der Waals surface area contributed by atoms with Crippen LogP contribution in [0.4, 0.5) is 0 Å². The molecule has 21 heavy (non-hydrogen) atoms. The third-order valence-electron chi connectivity index (χ3n) is 3.28. The lowest BCUT2D eigenvalue weighted by atomic mass is 9.98. The van der Waals surface area contributed by atoms with Crippen LogP contribution in [0.1, 0.15) is 30.5 Å². The normalized spacial score (nSPS) is 12.2. The Balaban J connectivity index is 2.40. The van der Waals surface area contributed by atoms with E-state index in [1.807, 2.05) is 44.2 Å². The van der Waals surface area contributed by atoms with Crippen molar-refractivity contribution in [2.45, 2.75) is 32.7 Å². The molecule has 0 fully saturated rings. The minimum atomic E-state index is 0.0762. The molecule has 0 spiro atoms. The maximum atomic E-state index is 6.28. The van der Waals surface area contributed by atoms with E-state index in [1.165, 1.54) is 5.56 Å². The lowest BCUT2D eigenvalue weighted by Gasteiger charge is -2.17. The van der Waals surface area contributed by atoms with Crippen LogP contribution in [0, 0.1) is 0 Å². The van der Waals surface area contributed by atoms with E-state index in [0.29, 0.717) is 6.61 Å². The van der Waals surface area contributed by atoms with Crippen LogP contribution in [0.5, 0.6) is 5.75 Å². The molecule has 0 aliphatic rings. The summed E-state index contributed by atoms with van der Waals surface area (Å²) in [5.74, 6) is 0.933. The number of benzene rings is 2. The minimum absolute atomic E-state index is 0.0762. The first-order valence-electron chi connectivity index (χ1n) is 7.33. The highest BCUT2D eigenvalue weighted by atomic mass is 35.5. The molecule has 0 aliphatic carbocycles. The van der Waals surface area contributed by atoms with E-state index in [-0.39, 0.29) is 6.04 Å².